The van der Waals surface area contributed by atoms with E-state index in [1.54, 1.807) is 12.1 Å². The first-order chi connectivity index (χ1) is 15.2. The molecule has 2 aromatic rings. The highest BCUT2D eigenvalue weighted by Crippen LogP contribution is 2.18. The Morgan fingerprint density at radius 2 is 1.67 bits per heavy atom. The SMILES string of the molecule is Cc1cc(C)cc(C(=O)N(NC(=O)c2ccc3c(c2)C=NN(S(C)(=O)=O)B3O)C(C)(C)C)c1. The highest BCUT2D eigenvalue weighted by atomic mass is 32.2. The Bertz CT molecular complexity index is 1230. The molecule has 0 saturated carbocycles. The van der Waals surface area contributed by atoms with Crippen LogP contribution in [0.1, 0.15) is 58.2 Å². The molecule has 0 atom stereocenters. The Labute approximate surface area is 194 Å². The van der Waals surface area contributed by atoms with Crippen molar-refractivity contribution >= 4 is 40.6 Å². The van der Waals surface area contributed by atoms with Crippen LogP contribution in [-0.4, -0.2) is 59.7 Å². The predicted octanol–water partition coefficient (Wildman–Crippen LogP) is 1.19. The van der Waals surface area contributed by atoms with Gasteiger partial charge in [0.2, 0.25) is 10.0 Å². The number of hydrazone groups is 1. The lowest BCUT2D eigenvalue weighted by molar-refractivity contribution is 0.0358. The fourth-order valence-corrected chi connectivity index (χ4v) is 4.24. The average molecular weight is 470 g/mol. The van der Waals surface area contributed by atoms with E-state index in [0.29, 0.717) is 20.9 Å². The maximum absolute atomic E-state index is 13.3. The summed E-state index contributed by atoms with van der Waals surface area (Å²) in [5.41, 5.74) is 5.24. The lowest BCUT2D eigenvalue weighted by Crippen LogP contribution is -2.56. The van der Waals surface area contributed by atoms with Gasteiger partial charge in [-0.3, -0.25) is 15.0 Å². The zero-order chi connectivity index (χ0) is 24.7. The Hall–Kier alpha value is -3.18. The van der Waals surface area contributed by atoms with Crippen LogP contribution in [0.4, 0.5) is 0 Å². The fourth-order valence-electron chi connectivity index (χ4n) is 3.55. The second kappa shape index (κ2) is 8.64. The molecule has 9 nitrogen and oxygen atoms in total. The number of amides is 2. The molecule has 1 heterocycles. The number of hydrogen-bond acceptors (Lipinski definition) is 6. The molecule has 2 N–H and O–H groups in total. The summed E-state index contributed by atoms with van der Waals surface area (Å²) in [4.78, 5) is 26.3. The minimum atomic E-state index is -3.76. The number of hydrogen-bond donors (Lipinski definition) is 2. The minimum absolute atomic E-state index is 0.225. The number of sulfonamides is 1. The van der Waals surface area contributed by atoms with Crippen LogP contribution in [0.15, 0.2) is 41.5 Å². The molecular weight excluding hydrogens is 443 g/mol. The fraction of sp³-hybridized carbons (Fsp3) is 0.318. The van der Waals surface area contributed by atoms with E-state index in [0.717, 1.165) is 17.4 Å². The summed E-state index contributed by atoms with van der Waals surface area (Å²) in [5.74, 6) is -0.875. The van der Waals surface area contributed by atoms with Gasteiger partial charge in [-0.2, -0.15) is 5.10 Å². The van der Waals surface area contributed by atoms with Crippen molar-refractivity contribution in [1.82, 2.24) is 14.8 Å². The second-order valence-corrected chi connectivity index (χ2v) is 11.0. The molecule has 0 radical (unpaired) electrons. The van der Waals surface area contributed by atoms with Crippen molar-refractivity contribution in [2.75, 3.05) is 6.26 Å². The topological polar surface area (TPSA) is 119 Å². The quantitative estimate of drug-likeness (QED) is 0.516. The molecule has 1 aliphatic heterocycles. The van der Waals surface area contributed by atoms with E-state index in [1.165, 1.54) is 29.4 Å². The number of carbonyl (C=O) groups excluding carboxylic acids is 2. The summed E-state index contributed by atoms with van der Waals surface area (Å²) in [6.45, 7) is 9.23. The van der Waals surface area contributed by atoms with Crippen molar-refractivity contribution in [1.29, 1.82) is 0 Å². The third-order valence-corrected chi connectivity index (χ3v) is 6.02. The number of aryl methyl sites for hydroxylation is 2. The lowest BCUT2D eigenvalue weighted by Gasteiger charge is -2.35. The van der Waals surface area contributed by atoms with Crippen LogP contribution in [0, 0.1) is 13.8 Å². The Morgan fingerprint density at radius 1 is 1.06 bits per heavy atom. The maximum atomic E-state index is 13.3. The van der Waals surface area contributed by atoms with Crippen molar-refractivity contribution < 1.29 is 23.0 Å². The van der Waals surface area contributed by atoms with Crippen LogP contribution in [0.3, 0.4) is 0 Å². The van der Waals surface area contributed by atoms with E-state index >= 15 is 0 Å². The summed E-state index contributed by atoms with van der Waals surface area (Å²) in [6, 6.07) is 9.91. The van der Waals surface area contributed by atoms with Crippen LogP contribution in [0.25, 0.3) is 0 Å². The van der Waals surface area contributed by atoms with Crippen LogP contribution in [-0.2, 0) is 10.0 Å². The number of hydrazine groups is 1. The first-order valence-corrected chi connectivity index (χ1v) is 12.1. The largest absolute Gasteiger partial charge is 0.484 e. The molecule has 0 aromatic heterocycles. The molecule has 3 rings (SSSR count). The molecule has 0 unspecified atom stereocenters. The summed E-state index contributed by atoms with van der Waals surface area (Å²) < 4.78 is 24.1. The molecule has 0 bridgehead atoms. The molecule has 2 aromatic carbocycles. The number of fused-ring (bicyclic) bond motifs is 1. The van der Waals surface area contributed by atoms with Gasteiger partial charge in [-0.05, 0) is 69.9 Å². The molecule has 0 saturated heterocycles. The molecule has 33 heavy (non-hydrogen) atoms. The summed E-state index contributed by atoms with van der Waals surface area (Å²) >= 11 is 0. The van der Waals surface area contributed by atoms with Gasteiger partial charge in [-0.1, -0.05) is 23.3 Å². The third-order valence-electron chi connectivity index (χ3n) is 5.04. The average Bonchev–Trinajstić information content (AvgIpc) is 2.68. The molecule has 0 fully saturated rings. The van der Waals surface area contributed by atoms with E-state index in [-0.39, 0.29) is 11.5 Å². The first kappa shape index (κ1) is 24.5. The smallest absolute Gasteiger partial charge is 0.427 e. The Morgan fingerprint density at radius 3 is 2.21 bits per heavy atom. The maximum Gasteiger partial charge on any atom is 0.484 e. The van der Waals surface area contributed by atoms with Gasteiger partial charge < -0.3 is 5.02 Å². The van der Waals surface area contributed by atoms with Crippen LogP contribution in [0.5, 0.6) is 0 Å². The van der Waals surface area contributed by atoms with Crippen molar-refractivity contribution in [3.63, 3.8) is 0 Å². The minimum Gasteiger partial charge on any atom is -0.427 e. The highest BCUT2D eigenvalue weighted by Gasteiger charge is 2.35. The molecule has 2 amide bonds. The van der Waals surface area contributed by atoms with E-state index in [9.17, 15) is 23.0 Å². The van der Waals surface area contributed by atoms with Gasteiger partial charge in [-0.25, -0.2) is 17.8 Å². The molecule has 174 valence electrons. The third kappa shape index (κ3) is 5.26. The lowest BCUT2D eigenvalue weighted by atomic mass is 9.71. The first-order valence-electron chi connectivity index (χ1n) is 10.3. The van der Waals surface area contributed by atoms with Crippen LogP contribution >= 0.6 is 0 Å². The van der Waals surface area contributed by atoms with Gasteiger partial charge in [0.15, 0.2) is 0 Å². The molecule has 1 aliphatic rings. The van der Waals surface area contributed by atoms with Crippen molar-refractivity contribution in [2.45, 2.75) is 40.2 Å². The zero-order valence-corrected chi connectivity index (χ0v) is 20.3. The molecule has 11 heteroatoms. The number of benzene rings is 2. The van der Waals surface area contributed by atoms with E-state index in [2.05, 4.69) is 10.5 Å². The van der Waals surface area contributed by atoms with Gasteiger partial charge >= 0.3 is 7.05 Å². The van der Waals surface area contributed by atoms with Gasteiger partial charge in [0.25, 0.3) is 11.8 Å². The van der Waals surface area contributed by atoms with Gasteiger partial charge in [0.05, 0.1) is 18.0 Å². The highest BCUT2D eigenvalue weighted by molar-refractivity contribution is 7.89. The van der Waals surface area contributed by atoms with Gasteiger partial charge in [0, 0.05) is 11.1 Å². The molecular formula is C22H27BN4O5S. The molecule has 0 aliphatic carbocycles. The summed E-state index contributed by atoms with van der Waals surface area (Å²) in [6.07, 6.45) is 2.20. The van der Waals surface area contributed by atoms with Crippen LogP contribution < -0.4 is 10.9 Å². The second-order valence-electron chi connectivity index (χ2n) is 9.13. The standard InChI is InChI=1S/C22H27BN4O5S/c1-14-9-15(2)11-17(10-14)21(29)26(22(3,4)5)25-20(28)16-7-8-19-18(12-16)13-24-27(23(19)30)33(6,31)32/h7-13,30H,1-6H3,(H,25,28). The summed E-state index contributed by atoms with van der Waals surface area (Å²) in [7, 11) is -5.25. The number of nitrogens with one attached hydrogen (secondary N) is 1. The number of carbonyl (C=O) groups is 2. The van der Waals surface area contributed by atoms with E-state index < -0.39 is 28.5 Å². The number of rotatable bonds is 3. The van der Waals surface area contributed by atoms with E-state index in [4.69, 9.17) is 0 Å². The Kier molecular flexibility index (Phi) is 6.41. The molecule has 0 spiro atoms. The van der Waals surface area contributed by atoms with Crippen molar-refractivity contribution in [2.24, 2.45) is 5.10 Å². The van der Waals surface area contributed by atoms with Crippen molar-refractivity contribution in [3.8, 4) is 0 Å². The zero-order valence-electron chi connectivity index (χ0n) is 19.4. The Balaban J connectivity index is 1.89. The predicted molar refractivity (Wildman–Crippen MR) is 128 cm³/mol. The van der Waals surface area contributed by atoms with Crippen LogP contribution in [0.2, 0.25) is 0 Å². The normalized spacial score (nSPS) is 13.5. The van der Waals surface area contributed by atoms with Gasteiger partial charge in [-0.15, -0.1) is 0 Å². The number of nitrogens with zero attached hydrogens (tertiary/aromatic N) is 3. The summed E-state index contributed by atoms with van der Waals surface area (Å²) in [5, 5.41) is 15.4. The van der Waals surface area contributed by atoms with Gasteiger partial charge in [0.1, 0.15) is 0 Å². The monoisotopic (exact) mass is 470 g/mol. The van der Waals surface area contributed by atoms with E-state index in [1.807, 2.05) is 40.7 Å². The van der Waals surface area contributed by atoms with Crippen molar-refractivity contribution in [3.05, 3.63) is 64.2 Å².